The number of ether oxygens (including phenoxy) is 2. The molecule has 0 aromatic heterocycles. The highest BCUT2D eigenvalue weighted by atomic mass is 16.5. The maximum Gasteiger partial charge on any atom is 0.336 e. The molecular formula is C13H14O4. The second-order valence-electron chi connectivity index (χ2n) is 3.23. The molecule has 0 unspecified atom stereocenters. The Balaban J connectivity index is 2.39. The number of hydrogen-bond donors (Lipinski definition) is 0. The zero-order valence-corrected chi connectivity index (χ0v) is 9.59. The number of carbonyl (C=O) groups excluding carboxylic acids is 2. The molecular weight excluding hydrogens is 220 g/mol. The van der Waals surface area contributed by atoms with Crippen molar-refractivity contribution < 1.29 is 19.1 Å². The van der Waals surface area contributed by atoms with Gasteiger partial charge in [-0.25, -0.2) is 9.59 Å². The molecule has 0 saturated carbocycles. The van der Waals surface area contributed by atoms with Crippen LogP contribution in [-0.4, -0.2) is 18.5 Å². The average molecular weight is 234 g/mol. The summed E-state index contributed by atoms with van der Waals surface area (Å²) in [6.45, 7) is 2.23. The van der Waals surface area contributed by atoms with Crippen LogP contribution >= 0.6 is 0 Å². The molecule has 90 valence electrons. The van der Waals surface area contributed by atoms with Crippen molar-refractivity contribution in [3.8, 4) is 5.75 Å². The highest BCUT2D eigenvalue weighted by Crippen LogP contribution is 2.08. The van der Waals surface area contributed by atoms with Gasteiger partial charge >= 0.3 is 11.9 Å². The first kappa shape index (κ1) is 13.0. The molecule has 4 nitrogen and oxygen atoms in total. The normalized spacial score (nSPS) is 10.2. The number of hydrogen-bond acceptors (Lipinski definition) is 4. The summed E-state index contributed by atoms with van der Waals surface area (Å²) < 4.78 is 9.69. The number of rotatable bonds is 5. The van der Waals surface area contributed by atoms with Crippen LogP contribution in [0.4, 0.5) is 0 Å². The van der Waals surface area contributed by atoms with Crippen LogP contribution in [-0.2, 0) is 14.3 Å². The molecule has 0 aliphatic heterocycles. The lowest BCUT2D eigenvalue weighted by Gasteiger charge is -2.00. The summed E-state index contributed by atoms with van der Waals surface area (Å²) in [6.07, 6.45) is 2.85. The van der Waals surface area contributed by atoms with Gasteiger partial charge in [0.2, 0.25) is 0 Å². The van der Waals surface area contributed by atoms with Crippen LogP contribution < -0.4 is 4.74 Å². The van der Waals surface area contributed by atoms with Crippen LogP contribution in [0.25, 0.3) is 0 Å². The van der Waals surface area contributed by atoms with Gasteiger partial charge in [0.05, 0.1) is 6.61 Å². The zero-order valence-electron chi connectivity index (χ0n) is 9.59. The van der Waals surface area contributed by atoms with E-state index in [0.29, 0.717) is 12.4 Å². The molecule has 0 bridgehead atoms. The van der Waals surface area contributed by atoms with E-state index in [-0.39, 0.29) is 0 Å². The highest BCUT2D eigenvalue weighted by molar-refractivity contribution is 5.92. The van der Waals surface area contributed by atoms with E-state index in [1.54, 1.807) is 24.3 Å². The molecule has 1 rings (SSSR count). The third kappa shape index (κ3) is 5.51. The molecule has 0 spiro atoms. The van der Waals surface area contributed by atoms with Crippen LogP contribution in [0, 0.1) is 0 Å². The summed E-state index contributed by atoms with van der Waals surface area (Å²) in [6, 6.07) is 8.63. The van der Waals surface area contributed by atoms with Crippen LogP contribution in [0.3, 0.4) is 0 Å². The van der Waals surface area contributed by atoms with Gasteiger partial charge in [-0.15, -0.1) is 0 Å². The van der Waals surface area contributed by atoms with E-state index in [1.807, 2.05) is 13.0 Å². The van der Waals surface area contributed by atoms with E-state index in [1.165, 1.54) is 0 Å². The molecule has 0 radical (unpaired) electrons. The first-order valence-electron chi connectivity index (χ1n) is 5.34. The summed E-state index contributed by atoms with van der Waals surface area (Å²) in [7, 11) is 0. The van der Waals surface area contributed by atoms with Gasteiger partial charge in [0, 0.05) is 12.2 Å². The quantitative estimate of drug-likeness (QED) is 0.445. The minimum absolute atomic E-state index is 0.344. The van der Waals surface area contributed by atoms with Gasteiger partial charge in [0.25, 0.3) is 0 Å². The number of benzene rings is 1. The van der Waals surface area contributed by atoms with E-state index in [4.69, 9.17) is 9.47 Å². The van der Waals surface area contributed by atoms with Crippen LogP contribution in [0.5, 0.6) is 5.75 Å². The standard InChI is InChI=1S/C13H14O4/c1-2-10-16-12(14)8-9-13(15)17-11-6-4-3-5-7-11/h3-9H,2,10H2,1H3/b9-8-. The molecule has 0 atom stereocenters. The number of esters is 2. The van der Waals surface area contributed by atoms with Crippen LogP contribution in [0.1, 0.15) is 13.3 Å². The first-order chi connectivity index (χ1) is 8.22. The van der Waals surface area contributed by atoms with E-state index in [2.05, 4.69) is 0 Å². The molecule has 0 aliphatic carbocycles. The maximum absolute atomic E-state index is 11.3. The average Bonchev–Trinajstić information content (AvgIpc) is 2.35. The van der Waals surface area contributed by atoms with Gasteiger partial charge in [-0.3, -0.25) is 0 Å². The van der Waals surface area contributed by atoms with E-state index < -0.39 is 11.9 Å². The van der Waals surface area contributed by atoms with Gasteiger partial charge in [0.15, 0.2) is 0 Å². The molecule has 1 aromatic rings. The molecule has 0 aliphatic rings. The smallest absolute Gasteiger partial charge is 0.336 e. The lowest BCUT2D eigenvalue weighted by molar-refractivity contribution is -0.138. The van der Waals surface area contributed by atoms with Gasteiger partial charge in [-0.2, -0.15) is 0 Å². The number of para-hydroxylation sites is 1. The largest absolute Gasteiger partial charge is 0.463 e. The van der Waals surface area contributed by atoms with Crippen LogP contribution in [0.15, 0.2) is 42.5 Å². The Morgan fingerprint density at radius 2 is 1.76 bits per heavy atom. The Morgan fingerprint density at radius 3 is 2.41 bits per heavy atom. The minimum atomic E-state index is -0.607. The van der Waals surface area contributed by atoms with Crippen molar-refractivity contribution in [2.75, 3.05) is 6.61 Å². The zero-order chi connectivity index (χ0) is 12.5. The predicted octanol–water partition coefficient (Wildman–Crippen LogP) is 2.10. The van der Waals surface area contributed by atoms with Crippen molar-refractivity contribution in [1.29, 1.82) is 0 Å². The lowest BCUT2D eigenvalue weighted by atomic mass is 10.3. The fraction of sp³-hybridized carbons (Fsp3) is 0.231. The van der Waals surface area contributed by atoms with Crippen molar-refractivity contribution in [1.82, 2.24) is 0 Å². The molecule has 17 heavy (non-hydrogen) atoms. The van der Waals surface area contributed by atoms with Crippen LogP contribution in [0.2, 0.25) is 0 Å². The summed E-state index contributed by atoms with van der Waals surface area (Å²) in [5.74, 6) is -0.717. The van der Waals surface area contributed by atoms with Gasteiger partial charge in [0.1, 0.15) is 5.75 Å². The van der Waals surface area contributed by atoms with Crippen molar-refractivity contribution >= 4 is 11.9 Å². The Kier molecular flexibility index (Phi) is 5.51. The van der Waals surface area contributed by atoms with E-state index >= 15 is 0 Å². The summed E-state index contributed by atoms with van der Waals surface area (Å²) >= 11 is 0. The summed E-state index contributed by atoms with van der Waals surface area (Å²) in [5, 5.41) is 0. The fourth-order valence-corrected chi connectivity index (χ4v) is 1.03. The SMILES string of the molecule is CCCOC(=O)/C=C\C(=O)Oc1ccccc1. The second kappa shape index (κ2) is 7.22. The summed E-state index contributed by atoms with van der Waals surface area (Å²) in [5.41, 5.74) is 0. The predicted molar refractivity (Wildman–Crippen MR) is 62.5 cm³/mol. The molecule has 0 N–H and O–H groups in total. The van der Waals surface area contributed by atoms with Crippen molar-refractivity contribution in [3.63, 3.8) is 0 Å². The van der Waals surface area contributed by atoms with Crippen molar-refractivity contribution in [2.45, 2.75) is 13.3 Å². The van der Waals surface area contributed by atoms with Gasteiger partial charge < -0.3 is 9.47 Å². The first-order valence-corrected chi connectivity index (χ1v) is 5.34. The van der Waals surface area contributed by atoms with E-state index in [0.717, 1.165) is 18.6 Å². The third-order valence-electron chi connectivity index (χ3n) is 1.77. The monoisotopic (exact) mass is 234 g/mol. The number of carbonyl (C=O) groups is 2. The van der Waals surface area contributed by atoms with Crippen molar-refractivity contribution in [2.24, 2.45) is 0 Å². The molecule has 1 aromatic carbocycles. The van der Waals surface area contributed by atoms with Gasteiger partial charge in [-0.1, -0.05) is 25.1 Å². The van der Waals surface area contributed by atoms with Gasteiger partial charge in [-0.05, 0) is 18.6 Å². The second-order valence-corrected chi connectivity index (χ2v) is 3.23. The van der Waals surface area contributed by atoms with Crippen molar-refractivity contribution in [3.05, 3.63) is 42.5 Å². The molecule has 0 saturated heterocycles. The Hall–Kier alpha value is -2.10. The maximum atomic E-state index is 11.3. The Bertz CT molecular complexity index is 395. The fourth-order valence-electron chi connectivity index (χ4n) is 1.03. The molecule has 0 fully saturated rings. The molecule has 0 amide bonds. The minimum Gasteiger partial charge on any atom is -0.463 e. The Labute approximate surface area is 99.8 Å². The third-order valence-corrected chi connectivity index (χ3v) is 1.77. The summed E-state index contributed by atoms with van der Waals surface area (Å²) in [4.78, 5) is 22.3. The Morgan fingerprint density at radius 1 is 1.12 bits per heavy atom. The molecule has 4 heteroatoms. The highest BCUT2D eigenvalue weighted by Gasteiger charge is 2.01. The van der Waals surface area contributed by atoms with E-state index in [9.17, 15) is 9.59 Å². The topological polar surface area (TPSA) is 52.6 Å². The lowest BCUT2D eigenvalue weighted by Crippen LogP contribution is -2.06. The molecule has 0 heterocycles.